The first kappa shape index (κ1) is 23.4. The van der Waals surface area contributed by atoms with Crippen LogP contribution in [-0.4, -0.2) is 62.7 Å². The zero-order chi connectivity index (χ0) is 18.1. The van der Waals surface area contributed by atoms with Crippen LogP contribution in [0.25, 0.3) is 0 Å². The first-order valence-electron chi connectivity index (χ1n) is 9.08. The van der Waals surface area contributed by atoms with Gasteiger partial charge in [-0.05, 0) is 45.7 Å². The van der Waals surface area contributed by atoms with E-state index in [2.05, 4.69) is 60.4 Å². The van der Waals surface area contributed by atoms with Gasteiger partial charge < -0.3 is 20.3 Å². The van der Waals surface area contributed by atoms with Crippen LogP contribution in [0.1, 0.15) is 31.4 Å². The van der Waals surface area contributed by atoms with Gasteiger partial charge in [0.1, 0.15) is 5.75 Å². The topological polar surface area (TPSA) is 48.9 Å². The Morgan fingerprint density at radius 3 is 2.73 bits per heavy atom. The van der Waals surface area contributed by atoms with Gasteiger partial charge in [-0.2, -0.15) is 11.8 Å². The first-order chi connectivity index (χ1) is 12.2. The van der Waals surface area contributed by atoms with Crippen LogP contribution in [-0.2, 0) is 0 Å². The van der Waals surface area contributed by atoms with Gasteiger partial charge in [-0.15, -0.1) is 24.0 Å². The van der Waals surface area contributed by atoms with Crippen molar-refractivity contribution in [1.29, 1.82) is 0 Å². The van der Waals surface area contributed by atoms with E-state index in [1.807, 2.05) is 12.1 Å². The molecule has 1 aromatic rings. The Bertz CT molecular complexity index is 550. The predicted molar refractivity (Wildman–Crippen MR) is 124 cm³/mol. The number of ether oxygens (including phenoxy) is 1. The van der Waals surface area contributed by atoms with E-state index in [9.17, 15) is 0 Å². The molecule has 0 aromatic heterocycles. The smallest absolute Gasteiger partial charge is 0.191 e. The molecule has 2 unspecified atom stereocenters. The van der Waals surface area contributed by atoms with Gasteiger partial charge in [0.25, 0.3) is 0 Å². The zero-order valence-corrected chi connectivity index (χ0v) is 19.5. The van der Waals surface area contributed by atoms with E-state index in [0.29, 0.717) is 11.8 Å². The lowest BCUT2D eigenvalue weighted by Gasteiger charge is -2.25. The number of hydrogen-bond donors (Lipinski definition) is 2. The van der Waals surface area contributed by atoms with Crippen molar-refractivity contribution in [3.8, 4) is 5.75 Å². The molecule has 0 saturated carbocycles. The van der Waals surface area contributed by atoms with Crippen LogP contribution in [0.5, 0.6) is 5.75 Å². The third-order valence-corrected chi connectivity index (χ3v) is 5.81. The number of rotatable bonds is 8. The lowest BCUT2D eigenvalue weighted by Crippen LogP contribution is -2.40. The van der Waals surface area contributed by atoms with Crippen molar-refractivity contribution in [2.75, 3.05) is 46.6 Å². The minimum Gasteiger partial charge on any atom is -0.496 e. The highest BCUT2D eigenvalue weighted by molar-refractivity contribution is 14.0. The minimum absolute atomic E-state index is 0. The third-order valence-electron chi connectivity index (χ3n) is 4.41. The molecular formula is C19H33IN4OS. The Balaban J connectivity index is 0.00000338. The minimum atomic E-state index is 0. The molecule has 1 saturated heterocycles. The van der Waals surface area contributed by atoms with Crippen LogP contribution >= 0.6 is 35.7 Å². The maximum Gasteiger partial charge on any atom is 0.191 e. The van der Waals surface area contributed by atoms with Crippen LogP contribution in [0.15, 0.2) is 29.3 Å². The second-order valence-electron chi connectivity index (χ2n) is 6.46. The third kappa shape index (κ3) is 7.15. The van der Waals surface area contributed by atoms with Crippen LogP contribution in [0.3, 0.4) is 0 Å². The second kappa shape index (κ2) is 12.7. The van der Waals surface area contributed by atoms with Crippen LogP contribution in [0, 0.1) is 0 Å². The van der Waals surface area contributed by atoms with Crippen molar-refractivity contribution in [2.45, 2.75) is 31.1 Å². The summed E-state index contributed by atoms with van der Waals surface area (Å²) in [5, 5.41) is 7.58. The average molecular weight is 492 g/mol. The summed E-state index contributed by atoms with van der Waals surface area (Å²) in [7, 11) is 5.89. The summed E-state index contributed by atoms with van der Waals surface area (Å²) in [5.74, 6) is 3.10. The molecule has 0 bridgehead atoms. The van der Waals surface area contributed by atoms with E-state index in [-0.39, 0.29) is 30.0 Å². The molecule has 2 N–H and O–H groups in total. The Kier molecular flexibility index (Phi) is 11.4. The summed E-state index contributed by atoms with van der Waals surface area (Å²) in [5.41, 5.74) is 1.17. The summed E-state index contributed by atoms with van der Waals surface area (Å²) >= 11 is 2.06. The van der Waals surface area contributed by atoms with Gasteiger partial charge in [0.2, 0.25) is 0 Å². The summed E-state index contributed by atoms with van der Waals surface area (Å²) < 4.78 is 5.54. The summed E-state index contributed by atoms with van der Waals surface area (Å²) in [6.45, 7) is 4.63. The van der Waals surface area contributed by atoms with Crippen molar-refractivity contribution in [2.24, 2.45) is 4.99 Å². The standard InChI is InChI=1S/C19H32N4OS.HI/c1-5-20-19(21-13-15-9-8-12-25-15)22-14-17(23(2)3)16-10-6-7-11-18(16)24-4;/h6-7,10-11,15,17H,5,8-9,12-14H2,1-4H3,(H2,20,21,22);1H. The Labute approximate surface area is 179 Å². The Hall–Kier alpha value is -0.670. The summed E-state index contributed by atoms with van der Waals surface area (Å²) in [6, 6.07) is 8.36. The number of nitrogens with zero attached hydrogens (tertiary/aromatic N) is 2. The molecule has 1 fully saturated rings. The molecule has 0 amide bonds. The SMILES string of the molecule is CCNC(=NCC(c1ccccc1OC)N(C)C)NCC1CCCS1.I. The van der Waals surface area contributed by atoms with E-state index < -0.39 is 0 Å². The van der Waals surface area contributed by atoms with E-state index in [1.165, 1.54) is 24.2 Å². The zero-order valence-electron chi connectivity index (χ0n) is 16.3. The molecule has 5 nitrogen and oxygen atoms in total. The fraction of sp³-hybridized carbons (Fsp3) is 0.632. The van der Waals surface area contributed by atoms with Gasteiger partial charge in [-0.1, -0.05) is 18.2 Å². The van der Waals surface area contributed by atoms with Crippen molar-refractivity contribution in [3.63, 3.8) is 0 Å². The fourth-order valence-electron chi connectivity index (χ4n) is 3.02. The van der Waals surface area contributed by atoms with Gasteiger partial charge >= 0.3 is 0 Å². The van der Waals surface area contributed by atoms with Crippen LogP contribution in [0.2, 0.25) is 0 Å². The van der Waals surface area contributed by atoms with Gasteiger partial charge in [0.05, 0.1) is 19.7 Å². The van der Waals surface area contributed by atoms with E-state index in [4.69, 9.17) is 9.73 Å². The van der Waals surface area contributed by atoms with Gasteiger partial charge in [-0.25, -0.2) is 0 Å². The quantitative estimate of drug-likeness (QED) is 0.331. The van der Waals surface area contributed by atoms with Crippen molar-refractivity contribution < 1.29 is 4.74 Å². The number of guanidine groups is 1. The van der Waals surface area contributed by atoms with Crippen LogP contribution < -0.4 is 15.4 Å². The number of para-hydroxylation sites is 1. The molecule has 0 aliphatic carbocycles. The first-order valence-corrected chi connectivity index (χ1v) is 10.1. The van der Waals surface area contributed by atoms with Crippen molar-refractivity contribution >= 4 is 41.7 Å². The van der Waals surface area contributed by atoms with Crippen LogP contribution in [0.4, 0.5) is 0 Å². The molecule has 1 aliphatic rings. The normalized spacial score (nSPS) is 18.3. The van der Waals surface area contributed by atoms with Gasteiger partial charge in [-0.3, -0.25) is 4.99 Å². The molecule has 7 heteroatoms. The monoisotopic (exact) mass is 492 g/mol. The maximum atomic E-state index is 5.54. The molecule has 26 heavy (non-hydrogen) atoms. The molecular weight excluding hydrogens is 459 g/mol. The van der Waals surface area contributed by atoms with Gasteiger partial charge in [0, 0.05) is 23.9 Å². The molecule has 2 rings (SSSR count). The highest BCUT2D eigenvalue weighted by atomic mass is 127. The number of likely N-dealkylation sites (N-methyl/N-ethyl adjacent to an activating group) is 1. The number of halogens is 1. The number of aliphatic imine (C=N–C) groups is 1. The highest BCUT2D eigenvalue weighted by Crippen LogP contribution is 2.28. The number of hydrogen-bond acceptors (Lipinski definition) is 4. The second-order valence-corrected chi connectivity index (χ2v) is 7.87. The highest BCUT2D eigenvalue weighted by Gasteiger charge is 2.19. The van der Waals surface area contributed by atoms with Gasteiger partial charge in [0.15, 0.2) is 5.96 Å². The maximum absolute atomic E-state index is 5.54. The average Bonchev–Trinajstić information content (AvgIpc) is 3.13. The Morgan fingerprint density at radius 1 is 1.35 bits per heavy atom. The number of thioether (sulfide) groups is 1. The van der Waals surface area contributed by atoms with E-state index >= 15 is 0 Å². The molecule has 1 heterocycles. The van der Waals surface area contributed by atoms with Crippen molar-refractivity contribution in [3.05, 3.63) is 29.8 Å². The molecule has 1 aliphatic heterocycles. The molecule has 0 spiro atoms. The largest absolute Gasteiger partial charge is 0.496 e. The number of nitrogens with one attached hydrogen (secondary N) is 2. The molecule has 1 aromatic carbocycles. The molecule has 148 valence electrons. The molecule has 0 radical (unpaired) electrons. The Morgan fingerprint density at radius 2 is 2.12 bits per heavy atom. The summed E-state index contributed by atoms with van der Waals surface area (Å²) in [6.07, 6.45) is 2.64. The van der Waals surface area contributed by atoms with E-state index in [0.717, 1.165) is 24.8 Å². The molecule has 2 atom stereocenters. The lowest BCUT2D eigenvalue weighted by atomic mass is 10.0. The number of methoxy groups -OCH3 is 1. The lowest BCUT2D eigenvalue weighted by molar-refractivity contribution is 0.295. The fourth-order valence-corrected chi connectivity index (χ4v) is 4.22. The van der Waals surface area contributed by atoms with E-state index in [1.54, 1.807) is 7.11 Å². The summed E-state index contributed by atoms with van der Waals surface area (Å²) in [4.78, 5) is 7.03. The number of benzene rings is 1. The van der Waals surface area contributed by atoms with Crippen molar-refractivity contribution in [1.82, 2.24) is 15.5 Å². The predicted octanol–water partition coefficient (Wildman–Crippen LogP) is 3.37.